The third kappa shape index (κ3) is 4.60. The number of hydrogen-bond acceptors (Lipinski definition) is 6. The van der Waals surface area contributed by atoms with Gasteiger partial charge in [0.15, 0.2) is 17.2 Å². The summed E-state index contributed by atoms with van der Waals surface area (Å²) in [7, 11) is 1.42. The number of nitrogens with zero attached hydrogens (tertiary/aromatic N) is 7. The van der Waals surface area contributed by atoms with E-state index in [1.807, 2.05) is 0 Å². The zero-order valence-electron chi connectivity index (χ0n) is 20.4. The number of carboxylic acid groups (broad SMARTS) is 1. The van der Waals surface area contributed by atoms with E-state index in [0.29, 0.717) is 41.4 Å². The summed E-state index contributed by atoms with van der Waals surface area (Å²) in [5.41, 5.74) is 1.21. The van der Waals surface area contributed by atoms with Crippen molar-refractivity contribution in [1.29, 1.82) is 0 Å². The average molecular weight is 528 g/mol. The second-order valence-electron chi connectivity index (χ2n) is 8.89. The summed E-state index contributed by atoms with van der Waals surface area (Å²) in [5, 5.41) is 15.8. The fourth-order valence-electron chi connectivity index (χ4n) is 4.48. The molecule has 198 valence electrons. The number of rotatable bonds is 4. The number of alkyl halides is 3. The zero-order valence-corrected chi connectivity index (χ0v) is 20.4. The summed E-state index contributed by atoms with van der Waals surface area (Å²) >= 11 is 0. The van der Waals surface area contributed by atoms with Crippen molar-refractivity contribution in [3.63, 3.8) is 0 Å². The Morgan fingerprint density at radius 3 is 2.45 bits per heavy atom. The number of hydrogen-bond donors (Lipinski definition) is 2. The van der Waals surface area contributed by atoms with Gasteiger partial charge in [0, 0.05) is 63.1 Å². The number of aryl methyl sites for hydroxylation is 2. The molecule has 1 aliphatic rings. The van der Waals surface area contributed by atoms with Gasteiger partial charge in [-0.25, -0.2) is 14.8 Å². The molecule has 0 saturated carbocycles. The summed E-state index contributed by atoms with van der Waals surface area (Å²) in [6, 6.07) is 5.14. The monoisotopic (exact) mass is 528 g/mol. The van der Waals surface area contributed by atoms with Crippen molar-refractivity contribution in [1.82, 2.24) is 33.9 Å². The molecule has 4 heterocycles. The Balaban J connectivity index is 1.39. The largest absolute Gasteiger partial charge is 0.465 e. The molecule has 0 spiro atoms. The fraction of sp³-hybridized carbons (Fsp3) is 0.292. The number of amides is 2. The van der Waals surface area contributed by atoms with E-state index in [1.54, 1.807) is 30.0 Å². The minimum Gasteiger partial charge on any atom is -0.465 e. The van der Waals surface area contributed by atoms with Crippen molar-refractivity contribution in [3.8, 4) is 11.3 Å². The van der Waals surface area contributed by atoms with E-state index in [9.17, 15) is 22.8 Å². The fourth-order valence-corrected chi connectivity index (χ4v) is 4.48. The van der Waals surface area contributed by atoms with Gasteiger partial charge in [-0.15, -0.1) is 0 Å². The number of aromatic nitrogens is 5. The second-order valence-corrected chi connectivity index (χ2v) is 8.89. The summed E-state index contributed by atoms with van der Waals surface area (Å²) in [6.45, 7) is 2.92. The molecule has 0 atom stereocenters. The lowest BCUT2D eigenvalue weighted by atomic mass is 10.1. The van der Waals surface area contributed by atoms with Crippen molar-refractivity contribution < 1.29 is 27.9 Å². The SMILES string of the molecule is Cc1cc(Nc2nccn3c(-c4cn(C)nc4C(F)(F)F)cnc23)ccc1C(=O)N1CCN(C(=O)O)CC1. The van der Waals surface area contributed by atoms with Crippen molar-refractivity contribution in [2.24, 2.45) is 7.05 Å². The minimum absolute atomic E-state index is 0.104. The summed E-state index contributed by atoms with van der Waals surface area (Å²) in [6.07, 6.45) is -0.0293. The number of fused-ring (bicyclic) bond motifs is 1. The minimum atomic E-state index is -4.63. The molecule has 4 aromatic rings. The van der Waals surface area contributed by atoms with Crippen LogP contribution in [0.1, 0.15) is 21.6 Å². The van der Waals surface area contributed by atoms with E-state index < -0.39 is 18.0 Å². The molecule has 0 bridgehead atoms. The first-order valence-electron chi connectivity index (χ1n) is 11.6. The van der Waals surface area contributed by atoms with Crippen LogP contribution in [0.25, 0.3) is 16.9 Å². The average Bonchev–Trinajstić information content (AvgIpc) is 3.48. The first-order valence-corrected chi connectivity index (χ1v) is 11.6. The van der Waals surface area contributed by atoms with Crippen LogP contribution in [-0.4, -0.2) is 77.2 Å². The van der Waals surface area contributed by atoms with Gasteiger partial charge >= 0.3 is 12.3 Å². The molecular weight excluding hydrogens is 505 g/mol. The van der Waals surface area contributed by atoms with E-state index in [0.717, 1.165) is 4.68 Å². The molecule has 1 fully saturated rings. The smallest absolute Gasteiger partial charge is 0.435 e. The zero-order chi connectivity index (χ0) is 27.2. The predicted molar refractivity (Wildman–Crippen MR) is 130 cm³/mol. The maximum Gasteiger partial charge on any atom is 0.435 e. The van der Waals surface area contributed by atoms with Crippen LogP contribution in [0.5, 0.6) is 0 Å². The number of anilines is 2. The van der Waals surface area contributed by atoms with E-state index in [2.05, 4.69) is 20.4 Å². The Morgan fingerprint density at radius 1 is 1.08 bits per heavy atom. The van der Waals surface area contributed by atoms with Gasteiger partial charge in [0.2, 0.25) is 0 Å². The van der Waals surface area contributed by atoms with E-state index >= 15 is 0 Å². The lowest BCUT2D eigenvalue weighted by molar-refractivity contribution is -0.141. The third-order valence-corrected chi connectivity index (χ3v) is 6.36. The van der Waals surface area contributed by atoms with Gasteiger partial charge in [-0.1, -0.05) is 0 Å². The number of carbonyl (C=O) groups excluding carboxylic acids is 1. The number of benzene rings is 1. The molecule has 1 aromatic carbocycles. The van der Waals surface area contributed by atoms with Crippen molar-refractivity contribution in [2.45, 2.75) is 13.1 Å². The lowest BCUT2D eigenvalue weighted by Gasteiger charge is -2.33. The van der Waals surface area contributed by atoms with Crippen LogP contribution in [0, 0.1) is 6.92 Å². The quantitative estimate of drug-likeness (QED) is 0.415. The summed E-state index contributed by atoms with van der Waals surface area (Å²) in [4.78, 5) is 35.6. The van der Waals surface area contributed by atoms with Crippen LogP contribution < -0.4 is 5.32 Å². The first kappa shape index (κ1) is 25.0. The van der Waals surface area contributed by atoms with Crippen molar-refractivity contribution >= 4 is 29.2 Å². The molecule has 1 saturated heterocycles. The molecule has 0 aliphatic carbocycles. The van der Waals surface area contributed by atoms with Crippen LogP contribution in [0.2, 0.25) is 0 Å². The highest BCUT2D eigenvalue weighted by Gasteiger charge is 2.38. The van der Waals surface area contributed by atoms with Crippen LogP contribution >= 0.6 is 0 Å². The molecule has 2 amide bonds. The number of imidazole rings is 1. The van der Waals surface area contributed by atoms with Gasteiger partial charge in [-0.3, -0.25) is 13.9 Å². The number of nitrogens with one attached hydrogen (secondary N) is 1. The standard InChI is InChI=1S/C24H23F3N8O3/c1-14-11-15(3-4-16(14)22(36)33-7-9-34(10-8-33)23(37)38)30-20-21-29-12-18(35(21)6-5-28-20)17-13-32(2)31-19(17)24(25,26)27/h3-6,11-13H,7-10H2,1-2H3,(H,28,30)(H,37,38). The van der Waals surface area contributed by atoms with E-state index in [-0.39, 0.29) is 30.3 Å². The Kier molecular flexibility index (Phi) is 6.17. The van der Waals surface area contributed by atoms with Gasteiger partial charge in [0.25, 0.3) is 5.91 Å². The molecule has 11 nitrogen and oxygen atoms in total. The van der Waals surface area contributed by atoms with Gasteiger partial charge in [0.1, 0.15) is 0 Å². The number of carbonyl (C=O) groups is 2. The molecule has 5 rings (SSSR count). The highest BCUT2D eigenvalue weighted by Crippen LogP contribution is 2.36. The van der Waals surface area contributed by atoms with Gasteiger partial charge in [-0.05, 0) is 30.7 Å². The second kappa shape index (κ2) is 9.36. The molecule has 3 aromatic heterocycles. The van der Waals surface area contributed by atoms with Crippen LogP contribution in [0.3, 0.4) is 0 Å². The Hall–Kier alpha value is -4.62. The summed E-state index contributed by atoms with van der Waals surface area (Å²) in [5.74, 6) is 0.133. The molecule has 0 unspecified atom stereocenters. The maximum atomic E-state index is 13.5. The van der Waals surface area contributed by atoms with Gasteiger partial charge < -0.3 is 20.2 Å². The maximum absolute atomic E-state index is 13.5. The van der Waals surface area contributed by atoms with Gasteiger partial charge in [-0.2, -0.15) is 18.3 Å². The Bertz CT molecular complexity index is 1540. The predicted octanol–water partition coefficient (Wildman–Crippen LogP) is 3.64. The number of halogens is 3. The lowest BCUT2D eigenvalue weighted by Crippen LogP contribution is -2.50. The van der Waals surface area contributed by atoms with E-state index in [4.69, 9.17) is 5.11 Å². The first-order chi connectivity index (χ1) is 18.0. The molecule has 0 radical (unpaired) electrons. The van der Waals surface area contributed by atoms with Crippen LogP contribution in [0.4, 0.5) is 29.5 Å². The Labute approximate surface area is 214 Å². The van der Waals surface area contributed by atoms with Crippen molar-refractivity contribution in [3.05, 3.63) is 59.8 Å². The molecular formula is C24H23F3N8O3. The van der Waals surface area contributed by atoms with Crippen LogP contribution in [-0.2, 0) is 13.2 Å². The highest BCUT2D eigenvalue weighted by molar-refractivity contribution is 5.96. The highest BCUT2D eigenvalue weighted by atomic mass is 19.4. The molecule has 1 aliphatic heterocycles. The number of piperazine rings is 1. The van der Waals surface area contributed by atoms with Crippen molar-refractivity contribution in [2.75, 3.05) is 31.5 Å². The topological polar surface area (TPSA) is 121 Å². The van der Waals surface area contributed by atoms with Crippen LogP contribution in [0.15, 0.2) is 43.0 Å². The van der Waals surface area contributed by atoms with E-state index in [1.165, 1.54) is 41.1 Å². The summed E-state index contributed by atoms with van der Waals surface area (Å²) < 4.78 is 43.2. The molecule has 14 heteroatoms. The molecule has 2 N–H and O–H groups in total. The third-order valence-electron chi connectivity index (χ3n) is 6.36. The molecule has 38 heavy (non-hydrogen) atoms. The van der Waals surface area contributed by atoms with Gasteiger partial charge in [0.05, 0.1) is 17.5 Å². The normalized spacial score (nSPS) is 14.2. The Morgan fingerprint density at radius 2 is 1.79 bits per heavy atom.